The third-order valence-corrected chi connectivity index (χ3v) is 5.92. The molecule has 0 radical (unpaired) electrons. The van der Waals surface area contributed by atoms with Gasteiger partial charge in [-0.3, -0.25) is 14.4 Å². The molecule has 1 atom stereocenters. The maximum atomic E-state index is 14.2. The molecule has 1 amide bonds. The molecule has 4 rings (SSSR count). The Bertz CT molecular complexity index is 1380. The van der Waals surface area contributed by atoms with E-state index in [0.717, 1.165) is 16.8 Å². The second-order valence-corrected chi connectivity index (χ2v) is 8.54. The lowest BCUT2D eigenvalue weighted by Gasteiger charge is -2.31. The van der Waals surface area contributed by atoms with Crippen molar-refractivity contribution in [1.82, 2.24) is 14.7 Å². The summed E-state index contributed by atoms with van der Waals surface area (Å²) in [6.45, 7) is 2.80. The molecule has 37 heavy (non-hydrogen) atoms. The van der Waals surface area contributed by atoms with Gasteiger partial charge in [0.1, 0.15) is 5.82 Å². The fraction of sp³-hybridized carbons (Fsp3) is 0.308. The summed E-state index contributed by atoms with van der Waals surface area (Å²) in [6.07, 6.45) is 2.57. The van der Waals surface area contributed by atoms with Gasteiger partial charge in [-0.25, -0.2) is 13.5 Å². The molecule has 2 aromatic carbocycles. The Balaban J connectivity index is 1.57. The van der Waals surface area contributed by atoms with Crippen molar-refractivity contribution in [3.63, 3.8) is 0 Å². The Kier molecular flexibility index (Phi) is 7.80. The number of hydrogen-bond acceptors (Lipinski definition) is 7. The molecule has 3 aromatic rings. The van der Waals surface area contributed by atoms with Crippen molar-refractivity contribution in [2.24, 2.45) is 13.0 Å². The van der Waals surface area contributed by atoms with E-state index in [1.165, 1.54) is 13.2 Å². The van der Waals surface area contributed by atoms with Crippen LogP contribution in [0.4, 0.5) is 20.2 Å². The summed E-state index contributed by atoms with van der Waals surface area (Å²) in [4.78, 5) is 39.8. The number of carbonyl (C=O) groups is 2. The number of esters is 1. The summed E-state index contributed by atoms with van der Waals surface area (Å²) in [5.74, 6) is -3.02. The summed E-state index contributed by atoms with van der Waals surface area (Å²) < 4.78 is 39.1. The SMILES string of the molecule is CCOC(=O)C1CCCN(C(=O)c2cccc(Nc3c(Oc4ccc(F)cc4F)cnn(C)c3=O)c2)C1. The van der Waals surface area contributed by atoms with E-state index in [1.807, 2.05) is 0 Å². The van der Waals surface area contributed by atoms with Crippen LogP contribution in [0.5, 0.6) is 11.5 Å². The first kappa shape index (κ1) is 25.8. The van der Waals surface area contributed by atoms with Gasteiger partial charge < -0.3 is 19.7 Å². The Hall–Kier alpha value is -4.28. The minimum Gasteiger partial charge on any atom is -0.466 e. The predicted molar refractivity (Wildman–Crippen MR) is 131 cm³/mol. The zero-order chi connectivity index (χ0) is 26.5. The number of halogens is 2. The first-order chi connectivity index (χ1) is 17.8. The van der Waals surface area contributed by atoms with Gasteiger partial charge in [0.15, 0.2) is 23.0 Å². The van der Waals surface area contributed by atoms with E-state index in [9.17, 15) is 23.2 Å². The third kappa shape index (κ3) is 5.93. The standard InChI is InChI=1S/C26H26F2N4O5/c1-3-36-26(35)17-7-5-11-32(15-17)24(33)16-6-4-8-19(12-16)30-23-22(14-29-31(2)25(23)34)37-21-10-9-18(27)13-20(21)28/h4,6,8-10,12-14,17,30H,3,5,7,11,15H2,1-2H3. The second kappa shape index (κ2) is 11.2. The van der Waals surface area contributed by atoms with Crippen molar-refractivity contribution in [1.29, 1.82) is 0 Å². The number of piperidine rings is 1. The van der Waals surface area contributed by atoms with Crippen LogP contribution in [0.3, 0.4) is 0 Å². The van der Waals surface area contributed by atoms with Gasteiger partial charge in [-0.15, -0.1) is 0 Å². The molecule has 0 spiro atoms. The van der Waals surface area contributed by atoms with Gasteiger partial charge in [0.25, 0.3) is 11.5 Å². The molecular formula is C26H26F2N4O5. The first-order valence-electron chi connectivity index (χ1n) is 11.8. The summed E-state index contributed by atoms with van der Waals surface area (Å²) >= 11 is 0. The van der Waals surface area contributed by atoms with Crippen LogP contribution in [0.2, 0.25) is 0 Å². The normalized spacial score (nSPS) is 15.2. The summed E-state index contributed by atoms with van der Waals surface area (Å²) in [5, 5.41) is 6.84. The molecule has 1 aliphatic rings. The molecule has 11 heteroatoms. The highest BCUT2D eigenvalue weighted by molar-refractivity contribution is 5.95. The average molecular weight is 513 g/mol. The second-order valence-electron chi connectivity index (χ2n) is 8.54. The topological polar surface area (TPSA) is 103 Å². The minimum absolute atomic E-state index is 0.0498. The van der Waals surface area contributed by atoms with E-state index >= 15 is 0 Å². The van der Waals surface area contributed by atoms with Gasteiger partial charge in [0, 0.05) is 37.5 Å². The molecule has 1 aromatic heterocycles. The number of carbonyl (C=O) groups excluding carboxylic acids is 2. The quantitative estimate of drug-likeness (QED) is 0.477. The van der Waals surface area contributed by atoms with E-state index in [-0.39, 0.29) is 48.1 Å². The van der Waals surface area contributed by atoms with E-state index in [2.05, 4.69) is 10.4 Å². The molecule has 1 fully saturated rings. The van der Waals surface area contributed by atoms with Crippen LogP contribution >= 0.6 is 0 Å². The molecule has 0 bridgehead atoms. The number of hydrogen-bond donors (Lipinski definition) is 1. The number of ether oxygens (including phenoxy) is 2. The van der Waals surface area contributed by atoms with E-state index in [4.69, 9.17) is 9.47 Å². The van der Waals surface area contributed by atoms with Gasteiger partial charge >= 0.3 is 5.97 Å². The molecule has 194 valence electrons. The largest absolute Gasteiger partial charge is 0.466 e. The van der Waals surface area contributed by atoms with Crippen LogP contribution in [0.25, 0.3) is 0 Å². The fourth-order valence-electron chi connectivity index (χ4n) is 4.06. The molecule has 2 heterocycles. The number of nitrogens with zero attached hydrogens (tertiary/aromatic N) is 3. The number of nitrogens with one attached hydrogen (secondary N) is 1. The molecule has 1 aliphatic heterocycles. The van der Waals surface area contributed by atoms with E-state index in [1.54, 1.807) is 36.1 Å². The summed E-state index contributed by atoms with van der Waals surface area (Å²) in [5.41, 5.74) is 0.140. The van der Waals surface area contributed by atoms with Crippen LogP contribution in [0.15, 0.2) is 53.5 Å². The molecule has 1 saturated heterocycles. The lowest BCUT2D eigenvalue weighted by molar-refractivity contribution is -0.149. The van der Waals surface area contributed by atoms with Crippen molar-refractivity contribution >= 4 is 23.3 Å². The highest BCUT2D eigenvalue weighted by Crippen LogP contribution is 2.30. The van der Waals surface area contributed by atoms with Crippen molar-refractivity contribution in [3.05, 3.63) is 76.2 Å². The van der Waals surface area contributed by atoms with Crippen LogP contribution in [-0.2, 0) is 16.6 Å². The lowest BCUT2D eigenvalue weighted by Crippen LogP contribution is -2.42. The number of rotatable bonds is 7. The molecule has 0 saturated carbocycles. The third-order valence-electron chi connectivity index (χ3n) is 5.92. The Morgan fingerprint density at radius 3 is 2.73 bits per heavy atom. The van der Waals surface area contributed by atoms with Crippen molar-refractivity contribution in [2.45, 2.75) is 19.8 Å². The summed E-state index contributed by atoms with van der Waals surface area (Å²) in [7, 11) is 1.44. The molecule has 9 nitrogen and oxygen atoms in total. The maximum Gasteiger partial charge on any atom is 0.310 e. The highest BCUT2D eigenvalue weighted by atomic mass is 19.1. The molecule has 0 aliphatic carbocycles. The Labute approximate surface area is 211 Å². The van der Waals surface area contributed by atoms with Crippen LogP contribution in [-0.4, -0.2) is 46.3 Å². The van der Waals surface area contributed by atoms with Crippen LogP contribution < -0.4 is 15.6 Å². The van der Waals surface area contributed by atoms with Gasteiger partial charge in [0.05, 0.1) is 18.7 Å². The van der Waals surface area contributed by atoms with Crippen molar-refractivity contribution in [3.8, 4) is 11.5 Å². The first-order valence-corrected chi connectivity index (χ1v) is 11.8. The molecule has 1 unspecified atom stereocenters. The lowest BCUT2D eigenvalue weighted by atomic mass is 9.97. The monoisotopic (exact) mass is 512 g/mol. The zero-order valence-electron chi connectivity index (χ0n) is 20.4. The van der Waals surface area contributed by atoms with E-state index in [0.29, 0.717) is 36.7 Å². The maximum absolute atomic E-state index is 14.2. The fourth-order valence-corrected chi connectivity index (χ4v) is 4.06. The predicted octanol–water partition coefficient (Wildman–Crippen LogP) is 4.01. The Morgan fingerprint density at radius 2 is 1.97 bits per heavy atom. The van der Waals surface area contributed by atoms with Crippen LogP contribution in [0.1, 0.15) is 30.1 Å². The smallest absolute Gasteiger partial charge is 0.310 e. The molecular weight excluding hydrogens is 486 g/mol. The minimum atomic E-state index is -0.943. The number of likely N-dealkylation sites (tertiary alicyclic amines) is 1. The highest BCUT2D eigenvalue weighted by Gasteiger charge is 2.30. The van der Waals surface area contributed by atoms with Gasteiger partial charge in [-0.05, 0) is 50.1 Å². The number of amides is 1. The number of aryl methyl sites for hydroxylation is 1. The Morgan fingerprint density at radius 1 is 1.16 bits per heavy atom. The van der Waals surface area contributed by atoms with E-state index < -0.39 is 17.2 Å². The average Bonchev–Trinajstić information content (AvgIpc) is 2.89. The van der Waals surface area contributed by atoms with Crippen molar-refractivity contribution in [2.75, 3.05) is 25.0 Å². The number of anilines is 2. The van der Waals surface area contributed by atoms with Crippen molar-refractivity contribution < 1.29 is 27.8 Å². The summed E-state index contributed by atoms with van der Waals surface area (Å²) in [6, 6.07) is 9.30. The van der Waals surface area contributed by atoms with Gasteiger partial charge in [-0.1, -0.05) is 6.07 Å². The number of benzene rings is 2. The van der Waals surface area contributed by atoms with Gasteiger partial charge in [0.2, 0.25) is 0 Å². The zero-order valence-corrected chi connectivity index (χ0v) is 20.4. The van der Waals surface area contributed by atoms with Gasteiger partial charge in [-0.2, -0.15) is 5.10 Å². The number of aromatic nitrogens is 2. The molecule has 1 N–H and O–H groups in total. The van der Waals surface area contributed by atoms with Crippen LogP contribution in [0, 0.1) is 17.6 Å².